The van der Waals surface area contributed by atoms with E-state index >= 15 is 0 Å². The number of benzene rings is 2. The maximum absolute atomic E-state index is 13.0. The van der Waals surface area contributed by atoms with Crippen LogP contribution < -0.4 is 0 Å². The van der Waals surface area contributed by atoms with Crippen molar-refractivity contribution in [1.29, 1.82) is 0 Å². The standard InChI is InChI=1S/C26H32N2O/c29-25-13-15-26(23-9-5-2-6-10-23)16-18-27(17-14-21-7-3-1-4-8-21)24(26)20-28(25)19-22-11-12-22/h1-10,22,24H,11-20H2/t24-,26+/m0/s1. The molecule has 2 atom stereocenters. The van der Waals surface area contributed by atoms with Crippen LogP contribution in [-0.4, -0.2) is 47.9 Å². The SMILES string of the molecule is O=C1CC[C@]2(c3ccccc3)CCN(CCc3ccccc3)[C@H]2CN1CC1CC1. The summed E-state index contributed by atoms with van der Waals surface area (Å²) < 4.78 is 0. The minimum atomic E-state index is 0.117. The van der Waals surface area contributed by atoms with Crippen LogP contribution in [0.1, 0.15) is 43.2 Å². The fraction of sp³-hybridized carbons (Fsp3) is 0.500. The first kappa shape index (κ1) is 18.9. The zero-order valence-corrected chi connectivity index (χ0v) is 17.3. The van der Waals surface area contributed by atoms with Gasteiger partial charge in [-0.1, -0.05) is 60.7 Å². The quantitative estimate of drug-likeness (QED) is 0.738. The molecule has 2 saturated heterocycles. The minimum Gasteiger partial charge on any atom is -0.341 e. The summed E-state index contributed by atoms with van der Waals surface area (Å²) >= 11 is 0. The van der Waals surface area contributed by atoms with E-state index in [0.717, 1.165) is 44.9 Å². The molecule has 3 nitrogen and oxygen atoms in total. The summed E-state index contributed by atoms with van der Waals surface area (Å²) in [4.78, 5) is 17.9. The monoisotopic (exact) mass is 388 g/mol. The lowest BCUT2D eigenvalue weighted by Gasteiger charge is -2.39. The van der Waals surface area contributed by atoms with Crippen LogP contribution in [0.25, 0.3) is 0 Å². The fourth-order valence-electron chi connectivity index (χ4n) is 5.62. The lowest BCUT2D eigenvalue weighted by Crippen LogP contribution is -2.49. The Labute approximate surface area is 174 Å². The van der Waals surface area contributed by atoms with Crippen LogP contribution >= 0.6 is 0 Å². The largest absolute Gasteiger partial charge is 0.341 e. The van der Waals surface area contributed by atoms with E-state index in [-0.39, 0.29) is 5.41 Å². The van der Waals surface area contributed by atoms with Crippen molar-refractivity contribution >= 4 is 5.91 Å². The van der Waals surface area contributed by atoms with Gasteiger partial charge in [0.1, 0.15) is 0 Å². The highest BCUT2D eigenvalue weighted by molar-refractivity contribution is 5.77. The Bertz CT molecular complexity index is 832. The van der Waals surface area contributed by atoms with E-state index in [4.69, 9.17) is 0 Å². The molecular weight excluding hydrogens is 356 g/mol. The number of carbonyl (C=O) groups excluding carboxylic acids is 1. The Kier molecular flexibility index (Phi) is 5.17. The molecular formula is C26H32N2O. The molecule has 2 heterocycles. The van der Waals surface area contributed by atoms with Crippen LogP contribution in [0.5, 0.6) is 0 Å². The highest BCUT2D eigenvalue weighted by atomic mass is 16.2. The van der Waals surface area contributed by atoms with Gasteiger partial charge in [0.15, 0.2) is 0 Å². The minimum absolute atomic E-state index is 0.117. The molecule has 5 rings (SSSR count). The van der Waals surface area contributed by atoms with Crippen molar-refractivity contribution < 1.29 is 4.79 Å². The lowest BCUT2D eigenvalue weighted by molar-refractivity contribution is -0.131. The van der Waals surface area contributed by atoms with Gasteiger partial charge >= 0.3 is 0 Å². The van der Waals surface area contributed by atoms with Crippen LogP contribution in [0.4, 0.5) is 0 Å². The van der Waals surface area contributed by atoms with Crippen LogP contribution in [0.15, 0.2) is 60.7 Å². The molecule has 2 aromatic rings. The summed E-state index contributed by atoms with van der Waals surface area (Å²) in [5.74, 6) is 1.13. The number of fused-ring (bicyclic) bond motifs is 1. The van der Waals surface area contributed by atoms with Crippen LogP contribution in [0, 0.1) is 5.92 Å². The molecule has 3 fully saturated rings. The van der Waals surface area contributed by atoms with Gasteiger partial charge in [-0.2, -0.15) is 0 Å². The molecule has 3 aliphatic rings. The van der Waals surface area contributed by atoms with Crippen LogP contribution in [0.2, 0.25) is 0 Å². The summed E-state index contributed by atoms with van der Waals surface area (Å²) in [6, 6.07) is 22.3. The van der Waals surface area contributed by atoms with Gasteiger partial charge in [0.2, 0.25) is 5.91 Å². The molecule has 0 radical (unpaired) electrons. The van der Waals surface area contributed by atoms with Crippen molar-refractivity contribution in [3.8, 4) is 0 Å². The summed E-state index contributed by atoms with van der Waals surface area (Å²) in [7, 11) is 0. The van der Waals surface area contributed by atoms with Gasteiger partial charge in [0.05, 0.1) is 0 Å². The normalized spacial score (nSPS) is 27.7. The molecule has 0 N–H and O–H groups in total. The van der Waals surface area contributed by atoms with Crippen molar-refractivity contribution in [1.82, 2.24) is 9.80 Å². The first-order chi connectivity index (χ1) is 14.2. The van der Waals surface area contributed by atoms with Crippen LogP contribution in [0.3, 0.4) is 0 Å². The van der Waals surface area contributed by atoms with Gasteiger partial charge in [-0.25, -0.2) is 0 Å². The predicted molar refractivity (Wildman–Crippen MR) is 117 cm³/mol. The second-order valence-electron chi connectivity index (χ2n) is 9.30. The Hall–Kier alpha value is -2.13. The Morgan fingerprint density at radius 3 is 2.38 bits per heavy atom. The first-order valence-electron chi connectivity index (χ1n) is 11.4. The molecule has 1 amide bonds. The number of amides is 1. The van der Waals surface area contributed by atoms with Gasteiger partial charge in [-0.05, 0) is 55.7 Å². The van der Waals surface area contributed by atoms with E-state index in [1.807, 2.05) is 0 Å². The topological polar surface area (TPSA) is 23.6 Å². The molecule has 2 aliphatic heterocycles. The Morgan fingerprint density at radius 2 is 1.66 bits per heavy atom. The number of carbonyl (C=O) groups is 1. The van der Waals surface area contributed by atoms with Gasteiger partial charge in [-0.3, -0.25) is 9.69 Å². The number of hydrogen-bond donors (Lipinski definition) is 0. The maximum Gasteiger partial charge on any atom is 0.222 e. The summed E-state index contributed by atoms with van der Waals surface area (Å²) in [5, 5.41) is 0. The highest BCUT2D eigenvalue weighted by Gasteiger charge is 2.51. The molecule has 0 bridgehead atoms. The van der Waals surface area contributed by atoms with Gasteiger partial charge in [0.25, 0.3) is 0 Å². The summed E-state index contributed by atoms with van der Waals surface area (Å²) in [5.41, 5.74) is 2.96. The van der Waals surface area contributed by atoms with E-state index in [1.54, 1.807) is 0 Å². The number of hydrogen-bond acceptors (Lipinski definition) is 2. The molecule has 29 heavy (non-hydrogen) atoms. The van der Waals surface area contributed by atoms with E-state index in [9.17, 15) is 4.79 Å². The molecule has 1 saturated carbocycles. The van der Waals surface area contributed by atoms with Crippen molar-refractivity contribution in [2.45, 2.75) is 50.0 Å². The van der Waals surface area contributed by atoms with Gasteiger partial charge in [-0.15, -0.1) is 0 Å². The van der Waals surface area contributed by atoms with E-state index in [2.05, 4.69) is 70.5 Å². The molecule has 152 valence electrons. The van der Waals surface area contributed by atoms with Crippen molar-refractivity contribution in [3.63, 3.8) is 0 Å². The average molecular weight is 389 g/mol. The highest BCUT2D eigenvalue weighted by Crippen LogP contribution is 2.46. The summed E-state index contributed by atoms with van der Waals surface area (Å²) in [6.45, 7) is 4.10. The zero-order valence-electron chi connectivity index (χ0n) is 17.3. The average Bonchev–Trinajstić information content (AvgIpc) is 3.54. The second-order valence-corrected chi connectivity index (χ2v) is 9.30. The Morgan fingerprint density at radius 1 is 0.931 bits per heavy atom. The third-order valence-corrected chi connectivity index (χ3v) is 7.51. The number of likely N-dealkylation sites (tertiary alicyclic amines) is 2. The van der Waals surface area contributed by atoms with Crippen molar-refractivity contribution in [2.24, 2.45) is 5.92 Å². The van der Waals surface area contributed by atoms with E-state index < -0.39 is 0 Å². The summed E-state index contributed by atoms with van der Waals surface area (Å²) in [6.07, 6.45) is 6.54. The zero-order chi connectivity index (χ0) is 19.7. The molecule has 0 spiro atoms. The van der Waals surface area contributed by atoms with Gasteiger partial charge < -0.3 is 4.90 Å². The van der Waals surface area contributed by atoms with Crippen LogP contribution in [-0.2, 0) is 16.6 Å². The second kappa shape index (κ2) is 7.95. The van der Waals surface area contributed by atoms with E-state index in [1.165, 1.54) is 30.4 Å². The predicted octanol–water partition coefficient (Wildman–Crippen LogP) is 4.27. The Balaban J connectivity index is 1.42. The maximum atomic E-state index is 13.0. The molecule has 3 heteroatoms. The molecule has 0 aromatic heterocycles. The van der Waals surface area contributed by atoms with Gasteiger partial charge in [0, 0.05) is 37.5 Å². The molecule has 1 aliphatic carbocycles. The number of rotatable bonds is 6. The van der Waals surface area contributed by atoms with E-state index in [0.29, 0.717) is 18.4 Å². The first-order valence-corrected chi connectivity index (χ1v) is 11.4. The smallest absolute Gasteiger partial charge is 0.222 e. The number of nitrogens with zero attached hydrogens (tertiary/aromatic N) is 2. The van der Waals surface area contributed by atoms with Crippen molar-refractivity contribution in [2.75, 3.05) is 26.2 Å². The molecule has 2 aromatic carbocycles. The third kappa shape index (κ3) is 3.85. The molecule has 0 unspecified atom stereocenters. The fourth-order valence-corrected chi connectivity index (χ4v) is 5.62. The van der Waals surface area contributed by atoms with Crippen molar-refractivity contribution in [3.05, 3.63) is 71.8 Å². The third-order valence-electron chi connectivity index (χ3n) is 7.51. The lowest BCUT2D eigenvalue weighted by atomic mass is 9.71.